The third-order valence-corrected chi connectivity index (χ3v) is 10.6. The first-order chi connectivity index (χ1) is 17.7. The molecule has 1 aromatic carbocycles. The Bertz CT molecular complexity index is 1020. The molecule has 0 radical (unpaired) electrons. The van der Waals surface area contributed by atoms with Crippen molar-refractivity contribution >= 4 is 10.1 Å². The van der Waals surface area contributed by atoms with Gasteiger partial charge in [-0.3, -0.25) is 9.45 Å². The molecule has 2 aliphatic heterocycles. The van der Waals surface area contributed by atoms with Crippen molar-refractivity contribution in [1.29, 1.82) is 0 Å². The van der Waals surface area contributed by atoms with Crippen LogP contribution in [0.25, 0.3) is 0 Å². The summed E-state index contributed by atoms with van der Waals surface area (Å²) in [6, 6.07) is 5.99. The molecule has 0 aromatic heterocycles. The predicted octanol–water partition coefficient (Wildman–Crippen LogP) is 4.58. The average molecular weight is 536 g/mol. The lowest BCUT2D eigenvalue weighted by Gasteiger charge is -2.57. The summed E-state index contributed by atoms with van der Waals surface area (Å²) in [5, 5.41) is 0. The van der Waals surface area contributed by atoms with Crippen LogP contribution in [0.3, 0.4) is 0 Å². The molecule has 4 bridgehead atoms. The number of morpholine rings is 1. The number of nitrogens with zero attached hydrogens (tertiary/aromatic N) is 1. The minimum atomic E-state index is -4.02. The minimum absolute atomic E-state index is 0.0666. The standard InChI is InChI=1S/C21H33NO4.C7H8O3S/c1-3-20(4-2-15(1)14-22-5-7-23-8-6-22)24-21(26-25-20)18-10-16-9-17(12-18)13-19(21)11-16;1-6-2-4-7(5-3-6)11(8,9)10/h15-19H,1-14H2;2-5H,1H3,(H,8,9,10). The highest BCUT2D eigenvalue weighted by atomic mass is 32.2. The maximum Gasteiger partial charge on any atom is 0.294 e. The average Bonchev–Trinajstić information content (AvgIpc) is 3.24. The van der Waals surface area contributed by atoms with E-state index in [4.69, 9.17) is 23.8 Å². The number of benzene rings is 1. The summed E-state index contributed by atoms with van der Waals surface area (Å²) in [6.07, 6.45) is 11.0. The van der Waals surface area contributed by atoms with E-state index in [2.05, 4.69) is 4.90 Å². The van der Waals surface area contributed by atoms with E-state index in [1.165, 1.54) is 63.6 Å². The summed E-state index contributed by atoms with van der Waals surface area (Å²) < 4.78 is 41.8. The first kappa shape index (κ1) is 26.2. The van der Waals surface area contributed by atoms with Gasteiger partial charge in [0.2, 0.25) is 11.6 Å². The van der Waals surface area contributed by atoms with Gasteiger partial charge in [-0.25, -0.2) is 0 Å². The van der Waals surface area contributed by atoms with E-state index in [0.29, 0.717) is 11.8 Å². The van der Waals surface area contributed by atoms with Crippen LogP contribution in [0.4, 0.5) is 0 Å². The van der Waals surface area contributed by atoms with E-state index >= 15 is 0 Å². The summed E-state index contributed by atoms with van der Waals surface area (Å²) in [4.78, 5) is 14.7. The lowest BCUT2D eigenvalue weighted by molar-refractivity contribution is -0.390. The molecule has 7 fully saturated rings. The molecule has 1 aromatic rings. The van der Waals surface area contributed by atoms with E-state index in [1.54, 1.807) is 12.1 Å². The van der Waals surface area contributed by atoms with Gasteiger partial charge in [0.1, 0.15) is 0 Å². The van der Waals surface area contributed by atoms with Crippen LogP contribution in [0.1, 0.15) is 63.4 Å². The van der Waals surface area contributed by atoms with Gasteiger partial charge in [0.05, 0.1) is 18.1 Å². The van der Waals surface area contributed by atoms with Crippen molar-refractivity contribution in [3.05, 3.63) is 29.8 Å². The Kier molecular flexibility index (Phi) is 7.18. The van der Waals surface area contributed by atoms with Crippen molar-refractivity contribution in [2.24, 2.45) is 29.6 Å². The third kappa shape index (κ3) is 5.38. The highest BCUT2D eigenvalue weighted by molar-refractivity contribution is 7.85. The van der Waals surface area contributed by atoms with Gasteiger partial charge in [-0.2, -0.15) is 18.2 Å². The van der Waals surface area contributed by atoms with Gasteiger partial charge in [-0.15, -0.1) is 0 Å². The fourth-order valence-corrected chi connectivity index (χ4v) is 8.43. The maximum absolute atomic E-state index is 10.5. The van der Waals surface area contributed by atoms with Crippen molar-refractivity contribution in [2.45, 2.75) is 81.2 Å². The Morgan fingerprint density at radius 1 is 0.919 bits per heavy atom. The number of ether oxygens (including phenoxy) is 2. The second-order valence-electron chi connectivity index (χ2n) is 12.3. The van der Waals surface area contributed by atoms with Crippen molar-refractivity contribution < 1.29 is 32.2 Å². The Hall–Kier alpha value is -1.07. The van der Waals surface area contributed by atoms with Crippen molar-refractivity contribution in [3.63, 3.8) is 0 Å². The Balaban J connectivity index is 0.000000194. The van der Waals surface area contributed by atoms with Crippen LogP contribution in [0.5, 0.6) is 0 Å². The fraction of sp³-hybridized carbons (Fsp3) is 0.786. The molecule has 5 saturated carbocycles. The van der Waals surface area contributed by atoms with Crippen molar-refractivity contribution in [2.75, 3.05) is 32.8 Å². The first-order valence-electron chi connectivity index (χ1n) is 14.1. The van der Waals surface area contributed by atoms with Crippen LogP contribution in [0, 0.1) is 36.5 Å². The molecule has 2 saturated heterocycles. The second kappa shape index (κ2) is 10.2. The predicted molar refractivity (Wildman–Crippen MR) is 136 cm³/mol. The number of hydrogen-bond donors (Lipinski definition) is 1. The Morgan fingerprint density at radius 3 is 2.08 bits per heavy atom. The Morgan fingerprint density at radius 2 is 1.51 bits per heavy atom. The summed E-state index contributed by atoms with van der Waals surface area (Å²) >= 11 is 0. The van der Waals surface area contributed by atoms with Crippen LogP contribution >= 0.6 is 0 Å². The minimum Gasteiger partial charge on any atom is -0.379 e. The van der Waals surface area contributed by atoms with Crippen LogP contribution in [-0.4, -0.2) is 62.3 Å². The largest absolute Gasteiger partial charge is 0.379 e. The smallest absolute Gasteiger partial charge is 0.294 e. The SMILES string of the molecule is C1CN(CC2CCC3(CC2)OOC2(O3)C3CC4CC(C3)CC2C4)CCO1.Cc1ccc(S(=O)(=O)O)cc1. The van der Waals surface area contributed by atoms with Gasteiger partial charge < -0.3 is 9.47 Å². The summed E-state index contributed by atoms with van der Waals surface area (Å²) in [6.45, 7) is 7.01. The maximum atomic E-state index is 10.5. The molecule has 2 spiro atoms. The summed E-state index contributed by atoms with van der Waals surface area (Å²) in [5.74, 6) is 2.92. The molecule has 206 valence electrons. The number of rotatable bonds is 3. The number of hydrogen-bond acceptors (Lipinski definition) is 7. The van der Waals surface area contributed by atoms with Crippen LogP contribution in [0.15, 0.2) is 29.2 Å². The molecule has 9 heteroatoms. The van der Waals surface area contributed by atoms with Gasteiger partial charge in [0.25, 0.3) is 10.1 Å². The second-order valence-corrected chi connectivity index (χ2v) is 13.8. The van der Waals surface area contributed by atoms with Gasteiger partial charge in [-0.1, -0.05) is 17.7 Å². The molecule has 0 atom stereocenters. The molecule has 8 rings (SSSR count). The fourth-order valence-electron chi connectivity index (χ4n) is 7.95. The van der Waals surface area contributed by atoms with E-state index in [9.17, 15) is 8.42 Å². The normalized spacial score (nSPS) is 41.2. The lowest BCUT2D eigenvalue weighted by Crippen LogP contribution is -2.59. The van der Waals surface area contributed by atoms with E-state index in [0.717, 1.165) is 62.5 Å². The van der Waals surface area contributed by atoms with Crippen LogP contribution < -0.4 is 0 Å². The molecule has 5 aliphatic carbocycles. The topological polar surface area (TPSA) is 94.5 Å². The van der Waals surface area contributed by atoms with Crippen molar-refractivity contribution in [1.82, 2.24) is 4.90 Å². The zero-order valence-electron chi connectivity index (χ0n) is 21.8. The van der Waals surface area contributed by atoms with E-state index in [-0.39, 0.29) is 4.90 Å². The van der Waals surface area contributed by atoms with E-state index in [1.807, 2.05) is 6.92 Å². The van der Waals surface area contributed by atoms with E-state index < -0.39 is 21.7 Å². The quantitative estimate of drug-likeness (QED) is 0.444. The summed E-state index contributed by atoms with van der Waals surface area (Å²) in [7, 11) is -4.02. The Labute approximate surface area is 220 Å². The zero-order chi connectivity index (χ0) is 25.7. The lowest BCUT2D eigenvalue weighted by atomic mass is 9.53. The third-order valence-electron chi connectivity index (χ3n) is 9.75. The van der Waals surface area contributed by atoms with Crippen molar-refractivity contribution in [3.8, 4) is 0 Å². The van der Waals surface area contributed by atoms with Gasteiger partial charge >= 0.3 is 0 Å². The molecular weight excluding hydrogens is 494 g/mol. The van der Waals surface area contributed by atoms with Gasteiger partial charge in [-0.05, 0) is 81.8 Å². The summed E-state index contributed by atoms with van der Waals surface area (Å²) in [5.41, 5.74) is 0.956. The highest BCUT2D eigenvalue weighted by Gasteiger charge is 2.66. The monoisotopic (exact) mass is 535 g/mol. The number of aryl methyl sites for hydroxylation is 1. The molecular formula is C28H41NO7S. The van der Waals surface area contributed by atoms with Gasteiger partial charge in [0, 0.05) is 44.3 Å². The highest BCUT2D eigenvalue weighted by Crippen LogP contribution is 2.63. The molecule has 0 amide bonds. The molecule has 0 unspecified atom stereocenters. The molecule has 1 N–H and O–H groups in total. The molecule has 8 nitrogen and oxygen atoms in total. The molecule has 7 aliphatic rings. The van der Waals surface area contributed by atoms with Crippen LogP contribution in [-0.2, 0) is 29.4 Å². The molecule has 37 heavy (non-hydrogen) atoms. The molecule has 2 heterocycles. The zero-order valence-corrected chi connectivity index (χ0v) is 22.7. The van der Waals surface area contributed by atoms with Gasteiger partial charge in [0.15, 0.2) is 0 Å². The first-order valence-corrected chi connectivity index (χ1v) is 15.6. The van der Waals surface area contributed by atoms with Crippen LogP contribution in [0.2, 0.25) is 0 Å².